The van der Waals surface area contributed by atoms with Crippen molar-refractivity contribution in [3.05, 3.63) is 33.6 Å². The summed E-state index contributed by atoms with van der Waals surface area (Å²) in [7, 11) is 0. The summed E-state index contributed by atoms with van der Waals surface area (Å²) in [5, 5.41) is 9.43. The lowest BCUT2D eigenvalue weighted by Gasteiger charge is -1.98. The standard InChI is InChI=1S/C12H13N3O2S/c1-7-6-18-11(14-7)5-13-12(16)9-4-10(17-15-9)8-2-3-8/h4,6,8H,2-3,5H2,1H3,(H,13,16). The van der Waals surface area contributed by atoms with Crippen LogP contribution in [0.25, 0.3) is 0 Å². The maximum Gasteiger partial charge on any atom is 0.273 e. The highest BCUT2D eigenvalue weighted by atomic mass is 32.1. The lowest BCUT2D eigenvalue weighted by atomic mass is 10.3. The van der Waals surface area contributed by atoms with Gasteiger partial charge in [-0.2, -0.15) is 0 Å². The zero-order valence-electron chi connectivity index (χ0n) is 9.97. The maximum absolute atomic E-state index is 11.8. The Bertz CT molecular complexity index is 571. The average Bonchev–Trinajstić information content (AvgIpc) is 2.94. The second kappa shape index (κ2) is 4.53. The molecule has 0 aliphatic heterocycles. The lowest BCUT2D eigenvalue weighted by Crippen LogP contribution is -2.22. The number of nitrogens with zero attached hydrogens (tertiary/aromatic N) is 2. The summed E-state index contributed by atoms with van der Waals surface area (Å²) >= 11 is 1.54. The minimum absolute atomic E-state index is 0.210. The fraction of sp³-hybridized carbons (Fsp3) is 0.417. The van der Waals surface area contributed by atoms with Gasteiger partial charge in [0.2, 0.25) is 0 Å². The van der Waals surface area contributed by atoms with Gasteiger partial charge in [0.1, 0.15) is 10.8 Å². The van der Waals surface area contributed by atoms with Gasteiger partial charge < -0.3 is 9.84 Å². The first kappa shape index (κ1) is 11.4. The average molecular weight is 263 g/mol. The number of hydrogen-bond acceptors (Lipinski definition) is 5. The van der Waals surface area contributed by atoms with Crippen LogP contribution in [0, 0.1) is 6.92 Å². The topological polar surface area (TPSA) is 68.0 Å². The van der Waals surface area contributed by atoms with Crippen LogP contribution in [0.1, 0.15) is 45.7 Å². The van der Waals surface area contributed by atoms with Gasteiger partial charge in [0.15, 0.2) is 5.69 Å². The first-order chi connectivity index (χ1) is 8.72. The highest BCUT2D eigenvalue weighted by Gasteiger charge is 2.28. The van der Waals surface area contributed by atoms with E-state index >= 15 is 0 Å². The Hall–Kier alpha value is -1.69. The van der Waals surface area contributed by atoms with Gasteiger partial charge in [0.25, 0.3) is 5.91 Å². The molecule has 0 atom stereocenters. The molecule has 1 aliphatic rings. The van der Waals surface area contributed by atoms with Gasteiger partial charge in [-0.15, -0.1) is 11.3 Å². The van der Waals surface area contributed by atoms with Crippen LogP contribution >= 0.6 is 11.3 Å². The van der Waals surface area contributed by atoms with Crippen molar-refractivity contribution < 1.29 is 9.32 Å². The number of thiazole rings is 1. The third kappa shape index (κ3) is 2.43. The second-order valence-corrected chi connectivity index (χ2v) is 5.40. The Kier molecular flexibility index (Phi) is 2.87. The Balaban J connectivity index is 1.59. The first-order valence-corrected chi connectivity index (χ1v) is 6.76. The number of carbonyl (C=O) groups excluding carboxylic acids is 1. The Morgan fingerprint density at radius 2 is 2.44 bits per heavy atom. The summed E-state index contributed by atoms with van der Waals surface area (Å²) in [5.74, 6) is 1.09. The molecule has 18 heavy (non-hydrogen) atoms. The highest BCUT2D eigenvalue weighted by molar-refractivity contribution is 7.09. The van der Waals surface area contributed by atoms with Crippen LogP contribution in [-0.4, -0.2) is 16.0 Å². The molecule has 94 valence electrons. The van der Waals surface area contributed by atoms with Crippen molar-refractivity contribution in [2.24, 2.45) is 0 Å². The van der Waals surface area contributed by atoms with Crippen molar-refractivity contribution in [2.45, 2.75) is 32.2 Å². The van der Waals surface area contributed by atoms with Crippen molar-refractivity contribution >= 4 is 17.2 Å². The van der Waals surface area contributed by atoms with Gasteiger partial charge in [-0.25, -0.2) is 4.98 Å². The molecule has 1 N–H and O–H groups in total. The zero-order chi connectivity index (χ0) is 12.5. The summed E-state index contributed by atoms with van der Waals surface area (Å²) < 4.78 is 5.14. The molecule has 1 fully saturated rings. The molecule has 1 amide bonds. The Morgan fingerprint density at radius 3 is 3.11 bits per heavy atom. The van der Waals surface area contributed by atoms with Crippen LogP contribution in [0.5, 0.6) is 0 Å². The van der Waals surface area contributed by atoms with Crippen molar-refractivity contribution in [3.8, 4) is 0 Å². The third-order valence-electron chi connectivity index (χ3n) is 2.81. The number of carbonyl (C=O) groups is 1. The predicted octanol–water partition coefficient (Wildman–Crippen LogP) is 2.25. The van der Waals surface area contributed by atoms with E-state index in [2.05, 4.69) is 15.5 Å². The first-order valence-electron chi connectivity index (χ1n) is 5.88. The van der Waals surface area contributed by atoms with Gasteiger partial charge in [-0.3, -0.25) is 4.79 Å². The second-order valence-electron chi connectivity index (χ2n) is 4.45. The normalized spacial score (nSPS) is 14.7. The minimum Gasteiger partial charge on any atom is -0.360 e. The number of aryl methyl sites for hydroxylation is 1. The van der Waals surface area contributed by atoms with E-state index in [1.54, 1.807) is 6.07 Å². The molecule has 0 spiro atoms. The molecule has 1 aliphatic carbocycles. The number of nitrogens with one attached hydrogen (secondary N) is 1. The smallest absolute Gasteiger partial charge is 0.273 e. The van der Waals surface area contributed by atoms with Gasteiger partial charge >= 0.3 is 0 Å². The largest absolute Gasteiger partial charge is 0.360 e. The Labute approximate surface area is 108 Å². The van der Waals surface area contributed by atoms with E-state index in [0.29, 0.717) is 18.2 Å². The molecule has 0 unspecified atom stereocenters. The van der Waals surface area contributed by atoms with Crippen molar-refractivity contribution in [2.75, 3.05) is 0 Å². The predicted molar refractivity (Wildman–Crippen MR) is 66.5 cm³/mol. The molecule has 5 nitrogen and oxygen atoms in total. The van der Waals surface area contributed by atoms with Gasteiger partial charge in [-0.05, 0) is 19.8 Å². The van der Waals surface area contributed by atoms with Gasteiger partial charge in [-0.1, -0.05) is 5.16 Å². The fourth-order valence-electron chi connectivity index (χ4n) is 1.69. The molecule has 6 heteroatoms. The zero-order valence-corrected chi connectivity index (χ0v) is 10.8. The third-order valence-corrected chi connectivity index (χ3v) is 3.77. The van der Waals surface area contributed by atoms with Crippen LogP contribution in [-0.2, 0) is 6.54 Å². The number of amides is 1. The molecule has 1 saturated carbocycles. The lowest BCUT2D eigenvalue weighted by molar-refractivity contribution is 0.0941. The van der Waals surface area contributed by atoms with E-state index in [0.717, 1.165) is 29.3 Å². The summed E-state index contributed by atoms with van der Waals surface area (Å²) in [5.41, 5.74) is 1.33. The van der Waals surface area contributed by atoms with Gasteiger partial charge in [0.05, 0.1) is 6.54 Å². The van der Waals surface area contributed by atoms with Crippen LogP contribution < -0.4 is 5.32 Å². The monoisotopic (exact) mass is 263 g/mol. The van der Waals surface area contributed by atoms with Crippen molar-refractivity contribution in [1.82, 2.24) is 15.5 Å². The van der Waals surface area contributed by atoms with Crippen LogP contribution in [0.15, 0.2) is 16.0 Å². The highest BCUT2D eigenvalue weighted by Crippen LogP contribution is 2.40. The summed E-state index contributed by atoms with van der Waals surface area (Å²) in [6, 6.07) is 1.74. The maximum atomic E-state index is 11.8. The van der Waals surface area contributed by atoms with E-state index in [1.165, 1.54) is 11.3 Å². The molecule has 0 radical (unpaired) electrons. The molecule has 2 heterocycles. The van der Waals surface area contributed by atoms with E-state index < -0.39 is 0 Å². The number of aromatic nitrogens is 2. The van der Waals surface area contributed by atoms with Crippen molar-refractivity contribution in [1.29, 1.82) is 0 Å². The van der Waals surface area contributed by atoms with Gasteiger partial charge in [0, 0.05) is 23.1 Å². The summed E-state index contributed by atoms with van der Waals surface area (Å²) in [6.45, 7) is 2.37. The minimum atomic E-state index is -0.210. The van der Waals surface area contributed by atoms with Crippen molar-refractivity contribution in [3.63, 3.8) is 0 Å². The van der Waals surface area contributed by atoms with Crippen LogP contribution in [0.2, 0.25) is 0 Å². The fourth-order valence-corrected chi connectivity index (χ4v) is 2.40. The molecule has 3 rings (SSSR count). The molecule has 2 aromatic rings. The number of hydrogen-bond donors (Lipinski definition) is 1. The molecule has 0 bridgehead atoms. The molecule has 0 aromatic carbocycles. The van der Waals surface area contributed by atoms with Crippen LogP contribution in [0.3, 0.4) is 0 Å². The van der Waals surface area contributed by atoms with E-state index in [-0.39, 0.29) is 5.91 Å². The quantitative estimate of drug-likeness (QED) is 0.918. The molecular formula is C12H13N3O2S. The summed E-state index contributed by atoms with van der Waals surface area (Å²) in [4.78, 5) is 16.1. The van der Waals surface area contributed by atoms with E-state index in [4.69, 9.17) is 4.52 Å². The number of rotatable bonds is 4. The molecule has 0 saturated heterocycles. The van der Waals surface area contributed by atoms with Crippen LogP contribution in [0.4, 0.5) is 0 Å². The summed E-state index contributed by atoms with van der Waals surface area (Å²) in [6.07, 6.45) is 2.27. The molecule has 2 aromatic heterocycles. The van der Waals surface area contributed by atoms with E-state index in [9.17, 15) is 4.79 Å². The Morgan fingerprint density at radius 1 is 1.61 bits per heavy atom. The van der Waals surface area contributed by atoms with E-state index in [1.807, 2.05) is 12.3 Å². The molecular weight excluding hydrogens is 250 g/mol. The SMILES string of the molecule is Cc1csc(CNC(=O)c2cc(C3CC3)on2)n1.